The van der Waals surface area contributed by atoms with E-state index in [0.717, 1.165) is 14.7 Å². The van der Waals surface area contributed by atoms with Gasteiger partial charge in [0.2, 0.25) is 0 Å². The lowest BCUT2D eigenvalue weighted by atomic mass is 10.1. The standard InChI is InChI=1S/C22H20IN3O3S2/c1-14-7-12-20(15(2)13-14)26-31(28,29)17-10-8-16(9-11-17)24-22(30)25-21(27)18-5-3-4-6-19(18)23/h3-13,26H,1-2H3,(H2,24,25,27,30). The van der Waals surface area contributed by atoms with Crippen molar-refractivity contribution in [3.63, 3.8) is 0 Å². The molecule has 0 aromatic heterocycles. The minimum atomic E-state index is -3.73. The summed E-state index contributed by atoms with van der Waals surface area (Å²) in [5, 5.41) is 5.63. The molecule has 0 atom stereocenters. The van der Waals surface area contributed by atoms with Gasteiger partial charge in [0, 0.05) is 9.26 Å². The summed E-state index contributed by atoms with van der Waals surface area (Å²) in [6.07, 6.45) is 0. The highest BCUT2D eigenvalue weighted by Gasteiger charge is 2.16. The molecule has 31 heavy (non-hydrogen) atoms. The third kappa shape index (κ3) is 6.02. The maximum absolute atomic E-state index is 12.7. The maximum atomic E-state index is 12.7. The van der Waals surface area contributed by atoms with Gasteiger partial charge in [-0.25, -0.2) is 8.42 Å². The second kappa shape index (κ2) is 9.75. The molecule has 0 heterocycles. The summed E-state index contributed by atoms with van der Waals surface area (Å²) in [6, 6.07) is 18.8. The molecule has 0 spiro atoms. The normalized spacial score (nSPS) is 10.9. The Balaban J connectivity index is 1.66. The number of amides is 1. The fourth-order valence-electron chi connectivity index (χ4n) is 2.83. The number of aryl methyl sites for hydroxylation is 2. The Morgan fingerprint density at radius 2 is 1.65 bits per heavy atom. The lowest BCUT2D eigenvalue weighted by Gasteiger charge is -2.13. The van der Waals surface area contributed by atoms with Gasteiger partial charge >= 0.3 is 0 Å². The smallest absolute Gasteiger partial charge is 0.261 e. The Hall–Kier alpha value is -2.50. The summed E-state index contributed by atoms with van der Waals surface area (Å²) >= 11 is 7.28. The zero-order chi connectivity index (χ0) is 22.6. The summed E-state index contributed by atoms with van der Waals surface area (Å²) in [4.78, 5) is 12.5. The van der Waals surface area contributed by atoms with Gasteiger partial charge < -0.3 is 5.32 Å². The van der Waals surface area contributed by atoms with Crippen LogP contribution < -0.4 is 15.4 Å². The van der Waals surface area contributed by atoms with Crippen LogP contribution in [0.2, 0.25) is 0 Å². The van der Waals surface area contributed by atoms with E-state index >= 15 is 0 Å². The van der Waals surface area contributed by atoms with E-state index in [4.69, 9.17) is 12.2 Å². The van der Waals surface area contributed by atoms with E-state index in [-0.39, 0.29) is 15.9 Å². The predicted octanol–water partition coefficient (Wildman–Crippen LogP) is 4.84. The lowest BCUT2D eigenvalue weighted by molar-refractivity contribution is 0.0977. The van der Waals surface area contributed by atoms with Gasteiger partial charge in [0.05, 0.1) is 16.1 Å². The molecule has 0 unspecified atom stereocenters. The third-order valence-electron chi connectivity index (χ3n) is 4.39. The van der Waals surface area contributed by atoms with Crippen LogP contribution in [0.3, 0.4) is 0 Å². The van der Waals surface area contributed by atoms with Crippen LogP contribution in [0.4, 0.5) is 11.4 Å². The van der Waals surface area contributed by atoms with Crippen molar-refractivity contribution in [3.8, 4) is 0 Å². The number of thiocarbonyl (C=S) groups is 1. The molecule has 0 aliphatic carbocycles. The lowest BCUT2D eigenvalue weighted by Crippen LogP contribution is -2.34. The zero-order valence-electron chi connectivity index (χ0n) is 16.8. The van der Waals surface area contributed by atoms with Gasteiger partial charge in [0.15, 0.2) is 5.11 Å². The molecule has 3 rings (SSSR count). The van der Waals surface area contributed by atoms with Gasteiger partial charge in [-0.15, -0.1) is 0 Å². The highest BCUT2D eigenvalue weighted by Crippen LogP contribution is 2.22. The first-order chi connectivity index (χ1) is 14.7. The van der Waals surface area contributed by atoms with Gasteiger partial charge in [0.1, 0.15) is 0 Å². The van der Waals surface area contributed by atoms with Crippen molar-refractivity contribution >= 4 is 67.2 Å². The van der Waals surface area contributed by atoms with Gasteiger partial charge in [-0.05, 0) is 96.7 Å². The van der Waals surface area contributed by atoms with Gasteiger partial charge in [-0.3, -0.25) is 14.8 Å². The van der Waals surface area contributed by atoms with Crippen molar-refractivity contribution in [2.75, 3.05) is 10.0 Å². The monoisotopic (exact) mass is 565 g/mol. The minimum Gasteiger partial charge on any atom is -0.332 e. The van der Waals surface area contributed by atoms with Crippen LogP contribution in [0.5, 0.6) is 0 Å². The second-order valence-electron chi connectivity index (χ2n) is 6.84. The van der Waals surface area contributed by atoms with Crippen LogP contribution in [0.25, 0.3) is 0 Å². The highest BCUT2D eigenvalue weighted by molar-refractivity contribution is 14.1. The van der Waals surface area contributed by atoms with E-state index < -0.39 is 10.0 Å². The first-order valence-corrected chi connectivity index (χ1v) is 12.2. The van der Waals surface area contributed by atoms with E-state index in [9.17, 15) is 13.2 Å². The number of halogens is 1. The van der Waals surface area contributed by atoms with Crippen LogP contribution >= 0.6 is 34.8 Å². The Morgan fingerprint density at radius 1 is 0.968 bits per heavy atom. The number of hydrogen-bond donors (Lipinski definition) is 3. The molecule has 3 N–H and O–H groups in total. The molecule has 0 aliphatic rings. The zero-order valence-corrected chi connectivity index (χ0v) is 20.6. The maximum Gasteiger partial charge on any atom is 0.261 e. The van der Waals surface area contributed by atoms with Crippen LogP contribution in [-0.2, 0) is 10.0 Å². The Kier molecular flexibility index (Phi) is 7.29. The molecule has 0 fully saturated rings. The average Bonchev–Trinajstić information content (AvgIpc) is 2.70. The minimum absolute atomic E-state index is 0.117. The summed E-state index contributed by atoms with van der Waals surface area (Å²) in [5.74, 6) is -0.320. The predicted molar refractivity (Wildman–Crippen MR) is 136 cm³/mol. The number of rotatable bonds is 5. The number of carbonyl (C=O) groups is 1. The van der Waals surface area contributed by atoms with Gasteiger partial charge in [0.25, 0.3) is 15.9 Å². The first-order valence-electron chi connectivity index (χ1n) is 9.23. The van der Waals surface area contributed by atoms with Crippen molar-refractivity contribution in [3.05, 3.63) is 87.0 Å². The molecule has 0 bridgehead atoms. The summed E-state index contributed by atoms with van der Waals surface area (Å²) in [6.45, 7) is 3.80. The number of carbonyl (C=O) groups excluding carboxylic acids is 1. The quantitative estimate of drug-likeness (QED) is 0.305. The van der Waals surface area contributed by atoms with Crippen LogP contribution in [0, 0.1) is 17.4 Å². The van der Waals surface area contributed by atoms with E-state index in [1.165, 1.54) is 12.1 Å². The molecule has 0 saturated heterocycles. The number of anilines is 2. The van der Waals surface area contributed by atoms with Crippen molar-refractivity contribution in [2.24, 2.45) is 0 Å². The Labute approximate surface area is 200 Å². The first kappa shape index (κ1) is 23.2. The van der Waals surface area contributed by atoms with Crippen LogP contribution in [0.1, 0.15) is 21.5 Å². The third-order valence-corrected chi connectivity index (χ3v) is 6.92. The molecular weight excluding hydrogens is 545 g/mol. The fourth-order valence-corrected chi connectivity index (χ4v) is 4.80. The molecule has 3 aromatic rings. The molecule has 6 nitrogen and oxygen atoms in total. The highest BCUT2D eigenvalue weighted by atomic mass is 127. The molecule has 0 aliphatic heterocycles. The average molecular weight is 565 g/mol. The fraction of sp³-hybridized carbons (Fsp3) is 0.0909. The molecule has 9 heteroatoms. The Morgan fingerprint density at radius 3 is 2.29 bits per heavy atom. The van der Waals surface area contributed by atoms with Crippen molar-refractivity contribution in [1.29, 1.82) is 0 Å². The molecule has 3 aromatic carbocycles. The number of hydrogen-bond acceptors (Lipinski definition) is 4. The largest absolute Gasteiger partial charge is 0.332 e. The van der Waals surface area contributed by atoms with E-state index in [2.05, 4.69) is 37.9 Å². The van der Waals surface area contributed by atoms with Gasteiger partial charge in [-0.1, -0.05) is 29.8 Å². The van der Waals surface area contributed by atoms with Crippen LogP contribution in [-0.4, -0.2) is 19.4 Å². The van der Waals surface area contributed by atoms with Crippen LogP contribution in [0.15, 0.2) is 71.6 Å². The molecule has 1 amide bonds. The van der Waals surface area contributed by atoms with Crippen molar-refractivity contribution < 1.29 is 13.2 Å². The summed E-state index contributed by atoms with van der Waals surface area (Å²) in [7, 11) is -3.73. The van der Waals surface area contributed by atoms with Crippen molar-refractivity contribution in [2.45, 2.75) is 18.7 Å². The number of benzene rings is 3. The second-order valence-corrected chi connectivity index (χ2v) is 10.1. The van der Waals surface area contributed by atoms with Crippen molar-refractivity contribution in [1.82, 2.24) is 5.32 Å². The Bertz CT molecular complexity index is 1240. The van der Waals surface area contributed by atoms with E-state index in [0.29, 0.717) is 16.9 Å². The number of sulfonamides is 1. The molecule has 160 valence electrons. The summed E-state index contributed by atoms with van der Waals surface area (Å²) < 4.78 is 28.8. The SMILES string of the molecule is Cc1ccc(NS(=O)(=O)c2ccc(NC(=S)NC(=O)c3ccccc3I)cc2)c(C)c1. The van der Waals surface area contributed by atoms with Gasteiger partial charge in [-0.2, -0.15) is 0 Å². The molecule has 0 radical (unpaired) electrons. The van der Waals surface area contributed by atoms with E-state index in [1.807, 2.05) is 38.1 Å². The number of nitrogens with one attached hydrogen (secondary N) is 3. The summed E-state index contributed by atoms with van der Waals surface area (Å²) in [5.41, 5.74) is 3.51. The molecular formula is C22H20IN3O3S2. The topological polar surface area (TPSA) is 87.3 Å². The van der Waals surface area contributed by atoms with E-state index in [1.54, 1.807) is 30.3 Å². The molecule has 0 saturated carbocycles.